The molecule has 56 heavy (non-hydrogen) atoms. The van der Waals surface area contributed by atoms with Crippen LogP contribution in [0.5, 0.6) is 0 Å². The van der Waals surface area contributed by atoms with Gasteiger partial charge in [0, 0.05) is 19.4 Å². The van der Waals surface area contributed by atoms with Gasteiger partial charge in [-0.05, 0) is 65.5 Å². The molecule has 326 valence electrons. The number of hydrogen-bond donors (Lipinski definition) is 3. The first-order chi connectivity index (χ1) is 26.8. The van der Waals surface area contributed by atoms with E-state index < -0.39 is 59.9 Å². The molecule has 14 heteroatoms. The van der Waals surface area contributed by atoms with Crippen molar-refractivity contribution in [1.82, 2.24) is 4.90 Å². The lowest BCUT2D eigenvalue weighted by Crippen LogP contribution is -2.44. The summed E-state index contributed by atoms with van der Waals surface area (Å²) in [4.78, 5) is 75.4. The molecular weight excluding hydrogens is 726 g/mol. The molecule has 0 fully saturated rings. The fraction of sp³-hybridized carbons (Fsp3) is 0.857. The van der Waals surface area contributed by atoms with Gasteiger partial charge >= 0.3 is 35.8 Å². The Morgan fingerprint density at radius 3 is 1.23 bits per heavy atom. The number of aliphatic carboxylic acids is 2. The second-order valence-electron chi connectivity index (χ2n) is 15.3. The van der Waals surface area contributed by atoms with E-state index in [1.165, 1.54) is 19.8 Å². The van der Waals surface area contributed by atoms with Crippen LogP contribution in [0.1, 0.15) is 169 Å². The summed E-state index contributed by atoms with van der Waals surface area (Å²) in [6.07, 6.45) is 18.6. The summed E-state index contributed by atoms with van der Waals surface area (Å²) in [6.45, 7) is 8.04. The SMILES string of the molecule is CCCCCCCCOC(=O)C(C)(COC(=O)CCCCCN(CCO)CCCCCCCC(=O)OCC(C)(C(=O)O)C(=O)O)C(=O)OCCCCCCCC. The van der Waals surface area contributed by atoms with Crippen LogP contribution in [0.25, 0.3) is 0 Å². The normalized spacial score (nSPS) is 11.7. The highest BCUT2D eigenvalue weighted by molar-refractivity contribution is 6.00. The third-order valence-electron chi connectivity index (χ3n) is 9.98. The van der Waals surface area contributed by atoms with Crippen LogP contribution in [0.15, 0.2) is 0 Å². The minimum Gasteiger partial charge on any atom is -0.480 e. The van der Waals surface area contributed by atoms with E-state index in [9.17, 15) is 33.9 Å². The Balaban J connectivity index is 4.58. The summed E-state index contributed by atoms with van der Waals surface area (Å²) in [5.74, 6) is -5.74. The third kappa shape index (κ3) is 24.4. The average Bonchev–Trinajstić information content (AvgIpc) is 3.17. The quantitative estimate of drug-likeness (QED) is 0.0244. The number of carboxylic acid groups (broad SMARTS) is 2. The highest BCUT2D eigenvalue weighted by Crippen LogP contribution is 2.24. The predicted molar refractivity (Wildman–Crippen MR) is 212 cm³/mol. The number of carbonyl (C=O) groups is 6. The van der Waals surface area contributed by atoms with Crippen LogP contribution in [0.3, 0.4) is 0 Å². The van der Waals surface area contributed by atoms with E-state index in [1.807, 2.05) is 0 Å². The first-order valence-electron chi connectivity index (χ1n) is 21.2. The Bertz CT molecular complexity index is 1070. The molecule has 0 saturated carbocycles. The van der Waals surface area contributed by atoms with Gasteiger partial charge in [-0.1, -0.05) is 104 Å². The van der Waals surface area contributed by atoms with Crippen LogP contribution >= 0.6 is 0 Å². The van der Waals surface area contributed by atoms with E-state index in [-0.39, 0.29) is 32.7 Å². The number of aliphatic hydroxyl groups is 1. The number of ether oxygens (including phenoxy) is 4. The summed E-state index contributed by atoms with van der Waals surface area (Å²) < 4.78 is 21.3. The van der Waals surface area contributed by atoms with Crippen LogP contribution in [0.4, 0.5) is 0 Å². The monoisotopic (exact) mass is 802 g/mol. The number of aliphatic hydroxyl groups excluding tert-OH is 1. The van der Waals surface area contributed by atoms with E-state index in [2.05, 4.69) is 18.7 Å². The second kappa shape index (κ2) is 32.8. The van der Waals surface area contributed by atoms with Gasteiger partial charge in [0.2, 0.25) is 0 Å². The van der Waals surface area contributed by atoms with Gasteiger partial charge in [0.1, 0.15) is 13.2 Å². The molecule has 0 heterocycles. The van der Waals surface area contributed by atoms with Gasteiger partial charge in [-0.25, -0.2) is 0 Å². The standard InChI is InChI=1S/C42H75NO13/c1-5-7-9-11-16-23-31-53-39(51)42(4,40(52)54-32-24-17-12-10-8-6-2)34-56-36(46)26-20-18-22-28-43(29-30-44)27-21-15-13-14-19-25-35(45)55-33-41(3,37(47)48)38(49)50/h44H,5-34H2,1-4H3,(H,47,48)(H,49,50). The fourth-order valence-corrected chi connectivity index (χ4v) is 5.82. The van der Waals surface area contributed by atoms with Crippen LogP contribution in [0.2, 0.25) is 0 Å². The Morgan fingerprint density at radius 2 is 0.821 bits per heavy atom. The minimum atomic E-state index is -2.18. The van der Waals surface area contributed by atoms with Crippen LogP contribution in [-0.2, 0) is 47.7 Å². The highest BCUT2D eigenvalue weighted by atomic mass is 16.6. The molecule has 0 aliphatic rings. The molecule has 0 aliphatic heterocycles. The zero-order valence-electron chi connectivity index (χ0n) is 35.1. The lowest BCUT2D eigenvalue weighted by molar-refractivity contribution is -0.178. The number of unbranched alkanes of at least 4 members (excludes halogenated alkanes) is 16. The maximum atomic E-state index is 13.1. The van der Waals surface area contributed by atoms with E-state index in [0.29, 0.717) is 32.2 Å². The molecule has 0 saturated heterocycles. The van der Waals surface area contributed by atoms with Crippen molar-refractivity contribution in [2.45, 2.75) is 169 Å². The van der Waals surface area contributed by atoms with Crippen LogP contribution in [-0.4, -0.2) is 109 Å². The molecule has 0 aliphatic carbocycles. The smallest absolute Gasteiger partial charge is 0.326 e. The Kier molecular flexibility index (Phi) is 30.9. The van der Waals surface area contributed by atoms with Crippen molar-refractivity contribution in [3.63, 3.8) is 0 Å². The maximum Gasteiger partial charge on any atom is 0.326 e. The third-order valence-corrected chi connectivity index (χ3v) is 9.98. The van der Waals surface area contributed by atoms with Gasteiger partial charge in [0.15, 0.2) is 10.8 Å². The molecular formula is C42H75NO13. The molecule has 0 unspecified atom stereocenters. The molecule has 0 amide bonds. The summed E-state index contributed by atoms with van der Waals surface area (Å²) >= 11 is 0. The Hall–Kier alpha value is -3.26. The first kappa shape index (κ1) is 52.7. The van der Waals surface area contributed by atoms with E-state index in [1.54, 1.807) is 0 Å². The molecule has 0 aromatic rings. The summed E-state index contributed by atoms with van der Waals surface area (Å²) in [5.41, 5.74) is -3.92. The Morgan fingerprint density at radius 1 is 0.464 bits per heavy atom. The number of rotatable bonds is 38. The molecule has 0 spiro atoms. The largest absolute Gasteiger partial charge is 0.480 e. The second-order valence-corrected chi connectivity index (χ2v) is 15.3. The molecule has 3 N–H and O–H groups in total. The molecule has 0 aromatic carbocycles. The maximum absolute atomic E-state index is 13.1. The molecule has 0 atom stereocenters. The fourth-order valence-electron chi connectivity index (χ4n) is 5.82. The van der Waals surface area contributed by atoms with Gasteiger partial charge in [0.05, 0.1) is 19.8 Å². The average molecular weight is 802 g/mol. The number of carboxylic acids is 2. The number of esters is 4. The van der Waals surface area contributed by atoms with Crippen LogP contribution < -0.4 is 0 Å². The van der Waals surface area contributed by atoms with E-state index >= 15 is 0 Å². The molecule has 0 bridgehead atoms. The van der Waals surface area contributed by atoms with E-state index in [4.69, 9.17) is 29.2 Å². The molecule has 0 radical (unpaired) electrons. The zero-order chi connectivity index (χ0) is 42.1. The van der Waals surface area contributed by atoms with Crippen molar-refractivity contribution in [2.24, 2.45) is 10.8 Å². The minimum absolute atomic E-state index is 0.0266. The van der Waals surface area contributed by atoms with Crippen molar-refractivity contribution < 1.29 is 63.0 Å². The van der Waals surface area contributed by atoms with Gasteiger partial charge in [-0.3, -0.25) is 28.8 Å². The predicted octanol–water partition coefficient (Wildman–Crippen LogP) is 7.26. The van der Waals surface area contributed by atoms with Crippen molar-refractivity contribution in [2.75, 3.05) is 52.7 Å². The van der Waals surface area contributed by atoms with Gasteiger partial charge in [-0.2, -0.15) is 0 Å². The lowest BCUT2D eigenvalue weighted by atomic mass is 9.92. The van der Waals surface area contributed by atoms with Crippen molar-refractivity contribution in [1.29, 1.82) is 0 Å². The first-order valence-corrected chi connectivity index (χ1v) is 21.2. The number of hydrogen-bond acceptors (Lipinski definition) is 12. The topological polar surface area (TPSA) is 203 Å². The number of nitrogens with zero attached hydrogens (tertiary/aromatic N) is 1. The Labute approximate surface area is 335 Å². The van der Waals surface area contributed by atoms with Crippen molar-refractivity contribution in [3.8, 4) is 0 Å². The van der Waals surface area contributed by atoms with E-state index in [0.717, 1.165) is 110 Å². The zero-order valence-corrected chi connectivity index (χ0v) is 35.1. The van der Waals surface area contributed by atoms with Crippen molar-refractivity contribution >= 4 is 35.8 Å². The van der Waals surface area contributed by atoms with Gasteiger partial charge in [0.25, 0.3) is 0 Å². The molecule has 0 aromatic heterocycles. The molecule has 14 nitrogen and oxygen atoms in total. The summed E-state index contributed by atoms with van der Waals surface area (Å²) in [7, 11) is 0. The highest BCUT2D eigenvalue weighted by Gasteiger charge is 2.46. The van der Waals surface area contributed by atoms with Gasteiger partial charge in [-0.15, -0.1) is 0 Å². The molecule has 0 rings (SSSR count). The van der Waals surface area contributed by atoms with Crippen LogP contribution in [0, 0.1) is 10.8 Å². The number of carbonyl (C=O) groups excluding carboxylic acids is 4. The summed E-state index contributed by atoms with van der Waals surface area (Å²) in [5, 5.41) is 27.7. The van der Waals surface area contributed by atoms with Crippen molar-refractivity contribution in [3.05, 3.63) is 0 Å². The van der Waals surface area contributed by atoms with Gasteiger partial charge < -0.3 is 39.2 Å². The lowest BCUT2D eigenvalue weighted by Gasteiger charge is -2.25. The summed E-state index contributed by atoms with van der Waals surface area (Å²) in [6, 6.07) is 0.